The van der Waals surface area contributed by atoms with Gasteiger partial charge in [0, 0.05) is 6.07 Å². The first-order valence-corrected chi connectivity index (χ1v) is 4.23. The molecule has 1 aromatic carbocycles. The van der Waals surface area contributed by atoms with Gasteiger partial charge in [0.25, 0.3) is 5.69 Å². The minimum atomic E-state index is -0.937. The molecular weight excluding hydrogens is 218 g/mol. The third-order valence-electron chi connectivity index (χ3n) is 2.04. The number of hydrogen-bond donors (Lipinski definition) is 0. The van der Waals surface area contributed by atoms with Crippen molar-refractivity contribution < 1.29 is 24.0 Å². The summed E-state index contributed by atoms with van der Waals surface area (Å²) in [6.07, 6.45) is 0. The van der Waals surface area contributed by atoms with Gasteiger partial charge in [-0.2, -0.15) is 0 Å². The van der Waals surface area contributed by atoms with Crippen LogP contribution in [-0.2, 0) is 9.47 Å². The molecule has 0 spiro atoms. The van der Waals surface area contributed by atoms with Gasteiger partial charge in [0.1, 0.15) is 0 Å². The molecule has 2 rings (SSSR count). The molecule has 0 aliphatic carbocycles. The van der Waals surface area contributed by atoms with E-state index in [1.165, 1.54) is 12.1 Å². The molecule has 1 aromatic rings. The Kier molecular flexibility index (Phi) is 2.28. The van der Waals surface area contributed by atoms with Crippen LogP contribution < -0.4 is 0 Å². The van der Waals surface area contributed by atoms with Crippen molar-refractivity contribution in [3.8, 4) is 0 Å². The standard InChI is InChI=1S/C9H5NO6/c11-8-5-2-1-3-6(10(13)14)7(5)9(12)16-4-15-8/h1-3H,4H2. The van der Waals surface area contributed by atoms with Crippen molar-refractivity contribution in [3.63, 3.8) is 0 Å². The van der Waals surface area contributed by atoms with Gasteiger partial charge in [0.05, 0.1) is 10.5 Å². The lowest BCUT2D eigenvalue weighted by atomic mass is 10.1. The molecule has 7 heteroatoms. The molecule has 1 heterocycles. The Hall–Kier alpha value is -2.44. The van der Waals surface area contributed by atoms with Gasteiger partial charge in [0.2, 0.25) is 6.79 Å². The van der Waals surface area contributed by atoms with Crippen LogP contribution in [0.15, 0.2) is 18.2 Å². The number of carbonyl (C=O) groups excluding carboxylic acids is 2. The molecule has 0 unspecified atom stereocenters. The summed E-state index contributed by atoms with van der Waals surface area (Å²) in [5, 5.41) is 10.7. The van der Waals surface area contributed by atoms with Crippen molar-refractivity contribution in [1.82, 2.24) is 0 Å². The molecule has 16 heavy (non-hydrogen) atoms. The van der Waals surface area contributed by atoms with Crippen LogP contribution in [0.4, 0.5) is 5.69 Å². The van der Waals surface area contributed by atoms with Crippen LogP contribution in [0.1, 0.15) is 20.7 Å². The van der Waals surface area contributed by atoms with Crippen LogP contribution in [0, 0.1) is 10.1 Å². The zero-order valence-electron chi connectivity index (χ0n) is 7.84. The molecule has 82 valence electrons. The summed E-state index contributed by atoms with van der Waals surface area (Å²) in [6.45, 7) is -0.538. The first kappa shape index (κ1) is 10.1. The molecule has 0 fully saturated rings. The Balaban J connectivity index is 2.70. The van der Waals surface area contributed by atoms with E-state index in [2.05, 4.69) is 9.47 Å². The van der Waals surface area contributed by atoms with Crippen LogP contribution in [-0.4, -0.2) is 23.7 Å². The highest BCUT2D eigenvalue weighted by molar-refractivity contribution is 6.06. The van der Waals surface area contributed by atoms with E-state index in [-0.39, 0.29) is 11.1 Å². The molecule has 0 aromatic heterocycles. The molecule has 0 amide bonds. The fourth-order valence-corrected chi connectivity index (χ4v) is 1.36. The summed E-state index contributed by atoms with van der Waals surface area (Å²) >= 11 is 0. The maximum atomic E-state index is 11.4. The lowest BCUT2D eigenvalue weighted by Crippen LogP contribution is -2.09. The van der Waals surface area contributed by atoms with E-state index in [1.54, 1.807) is 0 Å². The van der Waals surface area contributed by atoms with E-state index in [0.717, 1.165) is 6.07 Å². The van der Waals surface area contributed by atoms with Gasteiger partial charge >= 0.3 is 11.9 Å². The second-order valence-corrected chi connectivity index (χ2v) is 2.94. The van der Waals surface area contributed by atoms with Crippen LogP contribution in [0.5, 0.6) is 0 Å². The van der Waals surface area contributed by atoms with E-state index in [9.17, 15) is 19.7 Å². The predicted molar refractivity (Wildman–Crippen MR) is 48.8 cm³/mol. The van der Waals surface area contributed by atoms with E-state index < -0.39 is 29.3 Å². The molecule has 0 radical (unpaired) electrons. The summed E-state index contributed by atoms with van der Waals surface area (Å²) < 4.78 is 9.03. The summed E-state index contributed by atoms with van der Waals surface area (Å²) in [6, 6.07) is 3.70. The van der Waals surface area contributed by atoms with Gasteiger partial charge < -0.3 is 9.47 Å². The highest BCUT2D eigenvalue weighted by Crippen LogP contribution is 2.25. The average Bonchev–Trinajstić information content (AvgIpc) is 2.40. The van der Waals surface area contributed by atoms with E-state index in [4.69, 9.17) is 0 Å². The van der Waals surface area contributed by atoms with Gasteiger partial charge in [-0.15, -0.1) is 0 Å². The molecular formula is C9H5NO6. The number of esters is 2. The van der Waals surface area contributed by atoms with Gasteiger partial charge in [-0.3, -0.25) is 10.1 Å². The number of nitrogens with zero attached hydrogens (tertiary/aromatic N) is 1. The highest BCUT2D eigenvalue weighted by atomic mass is 16.7. The van der Waals surface area contributed by atoms with Gasteiger partial charge in [-0.1, -0.05) is 6.07 Å². The summed E-state index contributed by atoms with van der Waals surface area (Å²) in [5.41, 5.74) is -0.993. The number of fused-ring (bicyclic) bond motifs is 1. The maximum Gasteiger partial charge on any atom is 0.348 e. The monoisotopic (exact) mass is 223 g/mol. The Morgan fingerprint density at radius 1 is 1.19 bits per heavy atom. The van der Waals surface area contributed by atoms with Gasteiger partial charge in [-0.25, -0.2) is 9.59 Å². The van der Waals surface area contributed by atoms with Crippen molar-refractivity contribution in [2.75, 3.05) is 6.79 Å². The summed E-state index contributed by atoms with van der Waals surface area (Å²) in [4.78, 5) is 32.7. The number of benzene rings is 1. The van der Waals surface area contributed by atoms with E-state index in [1.807, 2.05) is 0 Å². The second-order valence-electron chi connectivity index (χ2n) is 2.94. The Labute approximate surface area is 88.7 Å². The molecule has 1 aliphatic rings. The Bertz CT molecular complexity index is 495. The number of hydrogen-bond acceptors (Lipinski definition) is 6. The minimum absolute atomic E-state index is 0.156. The van der Waals surface area contributed by atoms with Crippen molar-refractivity contribution in [3.05, 3.63) is 39.4 Å². The smallest absolute Gasteiger partial charge is 0.348 e. The summed E-state index contributed by atoms with van der Waals surface area (Å²) in [7, 11) is 0. The van der Waals surface area contributed by atoms with Crippen molar-refractivity contribution in [2.24, 2.45) is 0 Å². The first-order valence-electron chi connectivity index (χ1n) is 4.23. The minimum Gasteiger partial charge on any atom is -0.424 e. The van der Waals surface area contributed by atoms with Crippen LogP contribution in [0.3, 0.4) is 0 Å². The fraction of sp³-hybridized carbons (Fsp3) is 0.111. The maximum absolute atomic E-state index is 11.4. The third-order valence-corrected chi connectivity index (χ3v) is 2.04. The van der Waals surface area contributed by atoms with Crippen LogP contribution >= 0.6 is 0 Å². The van der Waals surface area contributed by atoms with Crippen LogP contribution in [0.2, 0.25) is 0 Å². The molecule has 0 saturated carbocycles. The topological polar surface area (TPSA) is 95.7 Å². The quantitative estimate of drug-likeness (QED) is 0.398. The molecule has 7 nitrogen and oxygen atoms in total. The predicted octanol–water partition coefficient (Wildman–Crippen LogP) is 0.879. The zero-order chi connectivity index (χ0) is 11.7. The molecule has 1 aliphatic heterocycles. The molecule has 0 atom stereocenters. The molecule has 0 saturated heterocycles. The lowest BCUT2D eigenvalue weighted by Gasteiger charge is -2.00. The summed E-state index contributed by atoms with van der Waals surface area (Å²) in [5.74, 6) is -1.75. The highest BCUT2D eigenvalue weighted by Gasteiger charge is 2.31. The number of cyclic esters (lactones) is 2. The molecule has 0 N–H and O–H groups in total. The Morgan fingerprint density at radius 3 is 2.56 bits per heavy atom. The largest absolute Gasteiger partial charge is 0.424 e. The van der Waals surface area contributed by atoms with Crippen molar-refractivity contribution in [1.29, 1.82) is 0 Å². The number of rotatable bonds is 1. The SMILES string of the molecule is O=C1OCOC(=O)c2c1cccc2[N+](=O)[O-]. The lowest BCUT2D eigenvalue weighted by molar-refractivity contribution is -0.385. The van der Waals surface area contributed by atoms with Gasteiger partial charge in [0.15, 0.2) is 5.56 Å². The zero-order valence-corrected chi connectivity index (χ0v) is 7.84. The average molecular weight is 223 g/mol. The first-order chi connectivity index (χ1) is 7.61. The normalized spacial score (nSPS) is 14.5. The fourth-order valence-electron chi connectivity index (χ4n) is 1.36. The van der Waals surface area contributed by atoms with Crippen LogP contribution in [0.25, 0.3) is 0 Å². The van der Waals surface area contributed by atoms with Gasteiger partial charge in [-0.05, 0) is 6.07 Å². The van der Waals surface area contributed by atoms with Crippen molar-refractivity contribution in [2.45, 2.75) is 0 Å². The number of ether oxygens (including phenoxy) is 2. The Morgan fingerprint density at radius 2 is 1.88 bits per heavy atom. The van der Waals surface area contributed by atoms with E-state index >= 15 is 0 Å². The second kappa shape index (κ2) is 3.61. The number of carbonyl (C=O) groups is 2. The van der Waals surface area contributed by atoms with E-state index in [0.29, 0.717) is 0 Å². The number of nitro groups is 1. The van der Waals surface area contributed by atoms with Crippen molar-refractivity contribution >= 4 is 17.6 Å². The number of nitro benzene ring substituents is 1. The molecule has 0 bridgehead atoms. The third kappa shape index (κ3) is 1.48.